The minimum Gasteiger partial charge on any atom is -0.508 e. The van der Waals surface area contributed by atoms with E-state index in [0.29, 0.717) is 0 Å². The molecular formula is C25H25FN2O2. The highest BCUT2D eigenvalue weighted by molar-refractivity contribution is 5.93. The van der Waals surface area contributed by atoms with Gasteiger partial charge in [-0.05, 0) is 79.0 Å². The van der Waals surface area contributed by atoms with Gasteiger partial charge in [0.15, 0.2) is 0 Å². The van der Waals surface area contributed by atoms with E-state index in [2.05, 4.69) is 10.2 Å². The van der Waals surface area contributed by atoms with E-state index in [-0.39, 0.29) is 23.4 Å². The Morgan fingerprint density at radius 3 is 2.40 bits per heavy atom. The number of carbonyl (C=O) groups excluding carboxylic acids is 1. The third-order valence-electron chi connectivity index (χ3n) is 5.56. The summed E-state index contributed by atoms with van der Waals surface area (Å²) in [5.41, 5.74) is 3.45. The van der Waals surface area contributed by atoms with Crippen LogP contribution in [0.5, 0.6) is 5.75 Å². The zero-order valence-corrected chi connectivity index (χ0v) is 16.7. The first-order chi connectivity index (χ1) is 14.6. The van der Waals surface area contributed by atoms with Gasteiger partial charge in [0.05, 0.1) is 0 Å². The van der Waals surface area contributed by atoms with E-state index < -0.39 is 0 Å². The van der Waals surface area contributed by atoms with Gasteiger partial charge >= 0.3 is 0 Å². The Morgan fingerprint density at radius 2 is 1.67 bits per heavy atom. The highest BCUT2D eigenvalue weighted by atomic mass is 19.1. The standard InChI is InChI=1S/C25H25FN2O2/c26-22-7-2-5-20(15-22)21-6-3-8-23(16-21)27-25(30)19-10-12-28(13-11-19)17-18-4-1-9-24(29)14-18/h1-9,14-16,19,29H,10-13,17H2,(H,27,30). The highest BCUT2D eigenvalue weighted by Gasteiger charge is 2.25. The van der Waals surface area contributed by atoms with Crippen LogP contribution in [0.2, 0.25) is 0 Å². The van der Waals surface area contributed by atoms with Crippen molar-refractivity contribution in [2.24, 2.45) is 5.92 Å². The van der Waals surface area contributed by atoms with Gasteiger partial charge in [-0.1, -0.05) is 36.4 Å². The summed E-state index contributed by atoms with van der Waals surface area (Å²) in [6, 6.07) is 21.3. The first-order valence-corrected chi connectivity index (χ1v) is 10.2. The fourth-order valence-corrected chi connectivity index (χ4v) is 3.96. The Balaban J connectivity index is 1.33. The summed E-state index contributed by atoms with van der Waals surface area (Å²) in [5.74, 6) is 0.00768. The number of likely N-dealkylation sites (tertiary alicyclic amines) is 1. The normalized spacial score (nSPS) is 15.1. The van der Waals surface area contributed by atoms with Crippen LogP contribution >= 0.6 is 0 Å². The molecule has 1 fully saturated rings. The number of piperidine rings is 1. The summed E-state index contributed by atoms with van der Waals surface area (Å²) in [6.07, 6.45) is 1.60. The molecule has 1 aliphatic rings. The molecule has 1 heterocycles. The first-order valence-electron chi connectivity index (χ1n) is 10.2. The zero-order chi connectivity index (χ0) is 20.9. The summed E-state index contributed by atoms with van der Waals surface area (Å²) in [7, 11) is 0. The Kier molecular flexibility index (Phi) is 6.10. The van der Waals surface area contributed by atoms with E-state index in [4.69, 9.17) is 0 Å². The smallest absolute Gasteiger partial charge is 0.227 e. The average molecular weight is 404 g/mol. The molecule has 1 aliphatic heterocycles. The Morgan fingerprint density at radius 1 is 0.967 bits per heavy atom. The van der Waals surface area contributed by atoms with Gasteiger partial charge in [0.1, 0.15) is 11.6 Å². The van der Waals surface area contributed by atoms with Crippen molar-refractivity contribution in [1.29, 1.82) is 0 Å². The van der Waals surface area contributed by atoms with Crippen LogP contribution in [0.3, 0.4) is 0 Å². The predicted molar refractivity (Wildman–Crippen MR) is 117 cm³/mol. The molecule has 0 aliphatic carbocycles. The Labute approximate surface area is 176 Å². The van der Waals surface area contributed by atoms with Gasteiger partial charge in [0.2, 0.25) is 5.91 Å². The molecule has 0 aromatic heterocycles. The maximum Gasteiger partial charge on any atom is 0.227 e. The van der Waals surface area contributed by atoms with Crippen LogP contribution in [0, 0.1) is 11.7 Å². The quantitative estimate of drug-likeness (QED) is 0.626. The van der Waals surface area contributed by atoms with Crippen molar-refractivity contribution in [2.45, 2.75) is 19.4 Å². The predicted octanol–water partition coefficient (Wildman–Crippen LogP) is 5.05. The lowest BCUT2D eigenvalue weighted by molar-refractivity contribution is -0.121. The van der Waals surface area contributed by atoms with Crippen molar-refractivity contribution < 1.29 is 14.3 Å². The summed E-state index contributed by atoms with van der Waals surface area (Å²) in [6.45, 7) is 2.46. The van der Waals surface area contributed by atoms with Crippen molar-refractivity contribution >= 4 is 11.6 Å². The third-order valence-corrected chi connectivity index (χ3v) is 5.56. The number of nitrogens with one attached hydrogen (secondary N) is 1. The summed E-state index contributed by atoms with van der Waals surface area (Å²) in [4.78, 5) is 15.1. The van der Waals surface area contributed by atoms with E-state index >= 15 is 0 Å². The van der Waals surface area contributed by atoms with Crippen LogP contribution in [0.15, 0.2) is 72.8 Å². The number of halogens is 1. The average Bonchev–Trinajstić information content (AvgIpc) is 2.74. The van der Waals surface area contributed by atoms with E-state index in [1.807, 2.05) is 42.5 Å². The number of aromatic hydroxyl groups is 1. The minimum atomic E-state index is -0.278. The second kappa shape index (κ2) is 9.09. The van der Waals surface area contributed by atoms with Crippen LogP contribution in [0.1, 0.15) is 18.4 Å². The minimum absolute atomic E-state index is 0.0248. The molecular weight excluding hydrogens is 379 g/mol. The van der Waals surface area contributed by atoms with Crippen molar-refractivity contribution in [1.82, 2.24) is 4.90 Å². The maximum atomic E-state index is 13.5. The number of phenols is 1. The molecule has 5 heteroatoms. The molecule has 0 bridgehead atoms. The van der Waals surface area contributed by atoms with Crippen molar-refractivity contribution in [3.8, 4) is 16.9 Å². The molecule has 3 aromatic carbocycles. The van der Waals surface area contributed by atoms with E-state index in [1.165, 1.54) is 12.1 Å². The number of hydrogen-bond acceptors (Lipinski definition) is 3. The number of amides is 1. The summed E-state index contributed by atoms with van der Waals surface area (Å²) < 4.78 is 13.5. The monoisotopic (exact) mass is 404 g/mol. The number of hydrogen-bond donors (Lipinski definition) is 2. The zero-order valence-electron chi connectivity index (χ0n) is 16.7. The number of nitrogens with zero attached hydrogens (tertiary/aromatic N) is 1. The van der Waals surface area contributed by atoms with Gasteiger partial charge in [-0.3, -0.25) is 9.69 Å². The van der Waals surface area contributed by atoms with Gasteiger partial charge in [0, 0.05) is 18.2 Å². The molecule has 4 nitrogen and oxygen atoms in total. The molecule has 1 amide bonds. The van der Waals surface area contributed by atoms with Crippen molar-refractivity contribution in [3.05, 3.63) is 84.2 Å². The van der Waals surface area contributed by atoms with Gasteiger partial charge in [-0.15, -0.1) is 0 Å². The van der Waals surface area contributed by atoms with Gasteiger partial charge in [-0.25, -0.2) is 4.39 Å². The Bertz CT molecular complexity index is 1030. The molecule has 1 saturated heterocycles. The topological polar surface area (TPSA) is 52.6 Å². The van der Waals surface area contributed by atoms with E-state index in [9.17, 15) is 14.3 Å². The molecule has 154 valence electrons. The lowest BCUT2D eigenvalue weighted by Gasteiger charge is -2.31. The molecule has 0 unspecified atom stereocenters. The second-order valence-corrected chi connectivity index (χ2v) is 7.80. The van der Waals surface area contributed by atoms with Crippen LogP contribution in [-0.4, -0.2) is 29.0 Å². The Hall–Kier alpha value is -3.18. The van der Waals surface area contributed by atoms with Crippen molar-refractivity contribution in [3.63, 3.8) is 0 Å². The molecule has 0 saturated carbocycles. The fourth-order valence-electron chi connectivity index (χ4n) is 3.96. The molecule has 0 radical (unpaired) electrons. The SMILES string of the molecule is O=C(Nc1cccc(-c2cccc(F)c2)c1)C1CCN(Cc2cccc(O)c2)CC1. The lowest BCUT2D eigenvalue weighted by Crippen LogP contribution is -2.37. The maximum absolute atomic E-state index is 13.5. The highest BCUT2D eigenvalue weighted by Crippen LogP contribution is 2.25. The van der Waals surface area contributed by atoms with Crippen LogP contribution < -0.4 is 5.32 Å². The van der Waals surface area contributed by atoms with Crippen molar-refractivity contribution in [2.75, 3.05) is 18.4 Å². The number of anilines is 1. The van der Waals surface area contributed by atoms with E-state index in [0.717, 1.165) is 54.9 Å². The molecule has 3 aromatic rings. The number of carbonyl (C=O) groups is 1. The summed E-state index contributed by atoms with van der Waals surface area (Å²) in [5, 5.41) is 12.6. The largest absolute Gasteiger partial charge is 0.508 e. The van der Waals surface area contributed by atoms with Crippen LogP contribution in [0.25, 0.3) is 11.1 Å². The summed E-state index contributed by atoms with van der Waals surface area (Å²) >= 11 is 0. The van der Waals surface area contributed by atoms with Gasteiger partial charge < -0.3 is 10.4 Å². The second-order valence-electron chi connectivity index (χ2n) is 7.80. The molecule has 2 N–H and O–H groups in total. The van der Waals surface area contributed by atoms with Gasteiger partial charge in [-0.2, -0.15) is 0 Å². The van der Waals surface area contributed by atoms with Crippen LogP contribution in [-0.2, 0) is 11.3 Å². The fraction of sp³-hybridized carbons (Fsp3) is 0.240. The molecule has 4 rings (SSSR count). The third kappa shape index (κ3) is 5.05. The number of phenolic OH excluding ortho intramolecular Hbond substituents is 1. The lowest BCUT2D eigenvalue weighted by atomic mass is 9.95. The van der Waals surface area contributed by atoms with Crippen LogP contribution in [0.4, 0.5) is 10.1 Å². The molecule has 0 spiro atoms. The number of rotatable bonds is 5. The number of benzene rings is 3. The molecule has 0 atom stereocenters. The molecule has 30 heavy (non-hydrogen) atoms. The first kappa shape index (κ1) is 20.1. The van der Waals surface area contributed by atoms with E-state index in [1.54, 1.807) is 18.2 Å². The van der Waals surface area contributed by atoms with Gasteiger partial charge in [0.25, 0.3) is 0 Å².